The van der Waals surface area contributed by atoms with Crippen molar-refractivity contribution in [3.05, 3.63) is 52.7 Å². The van der Waals surface area contributed by atoms with Gasteiger partial charge in [-0.15, -0.1) is 0 Å². The highest BCUT2D eigenvalue weighted by Gasteiger charge is 2.27. The first kappa shape index (κ1) is 25.3. The number of nitrogens with two attached hydrogens (primary N) is 1. The minimum atomic E-state index is -1.82. The van der Waals surface area contributed by atoms with Crippen LogP contribution in [0.15, 0.2) is 41.5 Å². The molecular formula is C21H26N6O6. The number of hydrogen-bond acceptors (Lipinski definition) is 7. The molecular weight excluding hydrogens is 432 g/mol. The van der Waals surface area contributed by atoms with Crippen molar-refractivity contribution in [2.75, 3.05) is 19.6 Å². The van der Waals surface area contributed by atoms with E-state index in [-0.39, 0.29) is 24.2 Å². The molecule has 1 atom stereocenters. The number of nitrogens with zero attached hydrogens (tertiary/aromatic N) is 4. The monoisotopic (exact) mass is 458 g/mol. The molecule has 12 nitrogen and oxygen atoms in total. The standard InChI is InChI=1S/C19H24N6O2.C2H2O4/c20-12-15-3-5-16(6-4-15)25-11-10-23(19(25)27)9-7-22-14-18(26)24-8-1-2-17(24)13-21;3-1(4)2(5)6/h3-6,10-11,17,22H,1-2,7-9,12,14,20H2;(H,3,4)(H,5,6). The Morgan fingerprint density at radius 1 is 1.15 bits per heavy atom. The summed E-state index contributed by atoms with van der Waals surface area (Å²) in [5.41, 5.74) is 7.26. The fraction of sp³-hybridized carbons (Fsp3) is 0.381. The minimum absolute atomic E-state index is 0.0658. The number of nitriles is 1. The fourth-order valence-electron chi connectivity index (χ4n) is 3.27. The number of aromatic nitrogens is 2. The molecule has 176 valence electrons. The van der Waals surface area contributed by atoms with Gasteiger partial charge in [0.15, 0.2) is 0 Å². The highest BCUT2D eigenvalue weighted by Crippen LogP contribution is 2.15. The van der Waals surface area contributed by atoms with Gasteiger partial charge < -0.3 is 26.2 Å². The van der Waals surface area contributed by atoms with E-state index in [1.807, 2.05) is 24.3 Å². The molecule has 5 N–H and O–H groups in total. The summed E-state index contributed by atoms with van der Waals surface area (Å²) in [4.78, 5) is 44.5. The number of hydrogen-bond donors (Lipinski definition) is 4. The molecule has 1 aliphatic heterocycles. The zero-order chi connectivity index (χ0) is 24.4. The van der Waals surface area contributed by atoms with Gasteiger partial charge in [0.1, 0.15) is 6.04 Å². The maximum absolute atomic E-state index is 12.5. The summed E-state index contributed by atoms with van der Waals surface area (Å²) >= 11 is 0. The van der Waals surface area contributed by atoms with Crippen molar-refractivity contribution in [1.82, 2.24) is 19.4 Å². The number of nitrogens with one attached hydrogen (secondary N) is 1. The molecule has 2 heterocycles. The number of aliphatic carboxylic acids is 2. The lowest BCUT2D eigenvalue weighted by Gasteiger charge is -2.19. The van der Waals surface area contributed by atoms with Crippen LogP contribution in [0, 0.1) is 11.3 Å². The van der Waals surface area contributed by atoms with Crippen LogP contribution in [0.3, 0.4) is 0 Å². The molecule has 0 saturated carbocycles. The number of carbonyl (C=O) groups excluding carboxylic acids is 1. The van der Waals surface area contributed by atoms with Crippen LogP contribution in [0.2, 0.25) is 0 Å². The molecule has 0 bridgehead atoms. The smallest absolute Gasteiger partial charge is 0.414 e. The lowest BCUT2D eigenvalue weighted by Crippen LogP contribution is -2.41. The summed E-state index contributed by atoms with van der Waals surface area (Å²) in [6.07, 6.45) is 5.08. The zero-order valence-corrected chi connectivity index (χ0v) is 17.9. The first-order valence-corrected chi connectivity index (χ1v) is 10.2. The fourth-order valence-corrected chi connectivity index (χ4v) is 3.27. The zero-order valence-electron chi connectivity index (χ0n) is 17.9. The summed E-state index contributed by atoms with van der Waals surface area (Å²) in [6, 6.07) is 9.40. The Balaban J connectivity index is 0.000000569. The third-order valence-electron chi connectivity index (χ3n) is 5.01. The molecule has 1 saturated heterocycles. The van der Waals surface area contributed by atoms with Crippen molar-refractivity contribution < 1.29 is 24.6 Å². The van der Waals surface area contributed by atoms with Crippen molar-refractivity contribution in [2.24, 2.45) is 5.73 Å². The van der Waals surface area contributed by atoms with Crippen LogP contribution in [0.25, 0.3) is 5.69 Å². The molecule has 2 aromatic rings. The molecule has 1 aromatic heterocycles. The summed E-state index contributed by atoms with van der Waals surface area (Å²) in [7, 11) is 0. The van der Waals surface area contributed by atoms with Crippen LogP contribution in [-0.4, -0.2) is 67.8 Å². The minimum Gasteiger partial charge on any atom is -0.473 e. The molecule has 12 heteroatoms. The largest absolute Gasteiger partial charge is 0.473 e. The average molecular weight is 458 g/mol. The van der Waals surface area contributed by atoms with E-state index in [4.69, 9.17) is 30.8 Å². The Bertz CT molecular complexity index is 1060. The van der Waals surface area contributed by atoms with Crippen LogP contribution >= 0.6 is 0 Å². The number of carboxylic acids is 2. The van der Waals surface area contributed by atoms with Gasteiger partial charge in [0.05, 0.1) is 18.3 Å². The van der Waals surface area contributed by atoms with E-state index in [9.17, 15) is 9.59 Å². The molecule has 1 amide bonds. The third-order valence-corrected chi connectivity index (χ3v) is 5.01. The maximum Gasteiger partial charge on any atom is 0.414 e. The van der Waals surface area contributed by atoms with Gasteiger partial charge in [-0.1, -0.05) is 12.1 Å². The molecule has 0 aliphatic carbocycles. The van der Waals surface area contributed by atoms with E-state index in [1.54, 1.807) is 26.4 Å². The predicted molar refractivity (Wildman–Crippen MR) is 116 cm³/mol. The summed E-state index contributed by atoms with van der Waals surface area (Å²) in [6.45, 7) is 2.24. The van der Waals surface area contributed by atoms with E-state index in [0.717, 1.165) is 24.1 Å². The summed E-state index contributed by atoms with van der Waals surface area (Å²) < 4.78 is 3.18. The number of amides is 1. The number of carboxylic acid groups (broad SMARTS) is 2. The van der Waals surface area contributed by atoms with E-state index >= 15 is 0 Å². The van der Waals surface area contributed by atoms with Crippen molar-refractivity contribution >= 4 is 17.8 Å². The molecule has 0 radical (unpaired) electrons. The van der Waals surface area contributed by atoms with Gasteiger partial charge in [-0.25, -0.2) is 14.4 Å². The Morgan fingerprint density at radius 2 is 1.82 bits per heavy atom. The van der Waals surface area contributed by atoms with Gasteiger partial charge in [-0.2, -0.15) is 5.26 Å². The maximum atomic E-state index is 12.5. The third kappa shape index (κ3) is 7.03. The number of benzene rings is 1. The van der Waals surface area contributed by atoms with E-state index < -0.39 is 11.9 Å². The van der Waals surface area contributed by atoms with Crippen LogP contribution < -0.4 is 16.7 Å². The first-order valence-electron chi connectivity index (χ1n) is 10.2. The Labute approximate surface area is 189 Å². The number of carbonyl (C=O) groups is 3. The predicted octanol–water partition coefficient (Wildman–Crippen LogP) is -0.643. The molecule has 1 unspecified atom stereocenters. The lowest BCUT2D eigenvalue weighted by atomic mass is 10.2. The topological polar surface area (TPSA) is 184 Å². The summed E-state index contributed by atoms with van der Waals surface area (Å²) in [5.74, 6) is -3.71. The Kier molecular flexibility index (Phi) is 9.34. The van der Waals surface area contributed by atoms with E-state index in [0.29, 0.717) is 26.2 Å². The number of rotatable bonds is 7. The van der Waals surface area contributed by atoms with Crippen molar-refractivity contribution in [3.8, 4) is 11.8 Å². The number of likely N-dealkylation sites (tertiary alicyclic amines) is 1. The Hall–Kier alpha value is -3.95. The SMILES string of the molecule is N#CC1CCCN1C(=O)CNCCn1ccn(-c2ccc(CN)cc2)c1=O.O=C(O)C(=O)O. The first-order chi connectivity index (χ1) is 15.8. The van der Waals surface area contributed by atoms with Gasteiger partial charge in [-0.3, -0.25) is 13.9 Å². The molecule has 33 heavy (non-hydrogen) atoms. The van der Waals surface area contributed by atoms with E-state index in [1.165, 1.54) is 0 Å². The second kappa shape index (κ2) is 12.2. The molecule has 1 aliphatic rings. The molecule has 1 aromatic carbocycles. The highest BCUT2D eigenvalue weighted by molar-refractivity contribution is 6.27. The van der Waals surface area contributed by atoms with Crippen LogP contribution in [-0.2, 0) is 27.5 Å². The van der Waals surface area contributed by atoms with Crippen molar-refractivity contribution in [3.63, 3.8) is 0 Å². The van der Waals surface area contributed by atoms with E-state index in [2.05, 4.69) is 11.4 Å². The van der Waals surface area contributed by atoms with Crippen molar-refractivity contribution in [1.29, 1.82) is 5.26 Å². The molecule has 3 rings (SSSR count). The number of imidazole rings is 1. The summed E-state index contributed by atoms with van der Waals surface area (Å²) in [5, 5.41) is 26.9. The van der Waals surface area contributed by atoms with Crippen LogP contribution in [0.5, 0.6) is 0 Å². The second-order valence-corrected chi connectivity index (χ2v) is 7.18. The Morgan fingerprint density at radius 3 is 2.39 bits per heavy atom. The van der Waals surface area contributed by atoms with Gasteiger partial charge in [0.2, 0.25) is 5.91 Å². The normalized spacial score (nSPS) is 14.8. The lowest BCUT2D eigenvalue weighted by molar-refractivity contribution is -0.159. The quantitative estimate of drug-likeness (QED) is 0.309. The van der Waals surface area contributed by atoms with Gasteiger partial charge in [0.25, 0.3) is 0 Å². The van der Waals surface area contributed by atoms with Crippen LogP contribution in [0.1, 0.15) is 18.4 Å². The van der Waals surface area contributed by atoms with Gasteiger partial charge in [0, 0.05) is 38.6 Å². The second-order valence-electron chi connectivity index (χ2n) is 7.18. The van der Waals surface area contributed by atoms with Crippen molar-refractivity contribution in [2.45, 2.75) is 32.0 Å². The van der Waals surface area contributed by atoms with Gasteiger partial charge in [-0.05, 0) is 30.5 Å². The molecule has 1 fully saturated rings. The van der Waals surface area contributed by atoms with Crippen LogP contribution in [0.4, 0.5) is 0 Å². The average Bonchev–Trinajstić information content (AvgIpc) is 3.43. The van der Waals surface area contributed by atoms with Gasteiger partial charge >= 0.3 is 17.6 Å². The highest BCUT2D eigenvalue weighted by atomic mass is 16.4. The molecule has 0 spiro atoms.